The van der Waals surface area contributed by atoms with Crippen LogP contribution in [0.3, 0.4) is 0 Å². The monoisotopic (exact) mass is 344 g/mol. The molecule has 0 aliphatic carbocycles. The number of benzene rings is 1. The van der Waals surface area contributed by atoms with Gasteiger partial charge >= 0.3 is 5.97 Å². The highest BCUT2D eigenvalue weighted by Gasteiger charge is 2.24. The summed E-state index contributed by atoms with van der Waals surface area (Å²) in [7, 11) is 0. The zero-order valence-electron chi connectivity index (χ0n) is 14.5. The molecule has 2 N–H and O–H groups in total. The average Bonchev–Trinajstić information content (AvgIpc) is 2.60. The van der Waals surface area contributed by atoms with Gasteiger partial charge in [-0.05, 0) is 18.4 Å². The van der Waals surface area contributed by atoms with E-state index in [-0.39, 0.29) is 30.3 Å². The highest BCUT2D eigenvalue weighted by atomic mass is 16.5. The standard InChI is InChI=1S/C19H24N2O4/c1-13-8-6-7-11-16(20-14(2)22)18(23)21-17(12-25-19(13)24)15-9-4-3-5-10-15/h3-7,9-10,13,16-17H,8,11-12H2,1-2H3,(H,20,22)(H,21,23)/b7-6+/t13-,16-,17+/m1/s1. The Kier molecular flexibility index (Phi) is 6.74. The van der Waals surface area contributed by atoms with E-state index in [1.54, 1.807) is 6.92 Å². The van der Waals surface area contributed by atoms with Gasteiger partial charge in [0.25, 0.3) is 0 Å². The summed E-state index contributed by atoms with van der Waals surface area (Å²) in [5.41, 5.74) is 0.838. The number of carbonyl (C=O) groups is 3. The molecule has 1 aliphatic rings. The molecule has 0 unspecified atom stereocenters. The summed E-state index contributed by atoms with van der Waals surface area (Å²) in [5.74, 6) is -1.13. The van der Waals surface area contributed by atoms with Gasteiger partial charge in [0.15, 0.2) is 0 Å². The molecule has 25 heavy (non-hydrogen) atoms. The summed E-state index contributed by atoms with van der Waals surface area (Å²) in [5, 5.41) is 5.54. The first-order chi connectivity index (χ1) is 12.0. The van der Waals surface area contributed by atoms with Crippen LogP contribution in [-0.2, 0) is 19.1 Å². The molecular formula is C19H24N2O4. The molecule has 6 heteroatoms. The smallest absolute Gasteiger partial charge is 0.309 e. The lowest BCUT2D eigenvalue weighted by Crippen LogP contribution is -2.47. The van der Waals surface area contributed by atoms with E-state index in [2.05, 4.69) is 10.6 Å². The Morgan fingerprint density at radius 2 is 1.84 bits per heavy atom. The molecule has 0 saturated carbocycles. The molecule has 0 radical (unpaired) electrons. The first-order valence-corrected chi connectivity index (χ1v) is 8.41. The SMILES string of the molecule is CC(=O)N[C@@H]1C/C=C/C[C@@H](C)C(=O)OC[C@@H](c2ccccc2)NC1=O. The van der Waals surface area contributed by atoms with E-state index in [9.17, 15) is 14.4 Å². The number of allylic oxidation sites excluding steroid dienone is 1. The van der Waals surface area contributed by atoms with Crippen LogP contribution in [0, 0.1) is 5.92 Å². The first-order valence-electron chi connectivity index (χ1n) is 8.41. The highest BCUT2D eigenvalue weighted by molar-refractivity contribution is 5.87. The summed E-state index contributed by atoms with van der Waals surface area (Å²) >= 11 is 0. The predicted octanol–water partition coefficient (Wildman–Crippen LogP) is 1.88. The van der Waals surface area contributed by atoms with Crippen LogP contribution in [0.4, 0.5) is 0 Å². The molecular weight excluding hydrogens is 320 g/mol. The molecule has 134 valence electrons. The third kappa shape index (κ3) is 5.74. The summed E-state index contributed by atoms with van der Waals surface area (Å²) in [6, 6.07) is 8.18. The second kappa shape index (κ2) is 9.01. The fourth-order valence-electron chi connectivity index (χ4n) is 2.59. The number of hydrogen-bond acceptors (Lipinski definition) is 4. The van der Waals surface area contributed by atoms with Crippen LogP contribution in [0.25, 0.3) is 0 Å². The molecule has 0 aromatic heterocycles. The molecule has 1 heterocycles. The van der Waals surface area contributed by atoms with Crippen LogP contribution in [-0.4, -0.2) is 30.4 Å². The van der Waals surface area contributed by atoms with Gasteiger partial charge in [-0.1, -0.05) is 49.4 Å². The average molecular weight is 344 g/mol. The van der Waals surface area contributed by atoms with Crippen molar-refractivity contribution in [2.75, 3.05) is 6.61 Å². The van der Waals surface area contributed by atoms with E-state index in [1.165, 1.54) is 6.92 Å². The molecule has 0 fully saturated rings. The molecule has 1 aliphatic heterocycles. The summed E-state index contributed by atoms with van der Waals surface area (Å²) in [6.45, 7) is 3.24. The van der Waals surface area contributed by atoms with Crippen LogP contribution >= 0.6 is 0 Å². The van der Waals surface area contributed by atoms with E-state index < -0.39 is 12.1 Å². The quantitative estimate of drug-likeness (QED) is 0.634. The maximum Gasteiger partial charge on any atom is 0.309 e. The zero-order valence-corrected chi connectivity index (χ0v) is 14.5. The Morgan fingerprint density at radius 3 is 2.52 bits per heavy atom. The second-order valence-electron chi connectivity index (χ2n) is 6.20. The molecule has 0 saturated heterocycles. The number of rotatable bonds is 2. The third-order valence-corrected chi connectivity index (χ3v) is 4.04. The van der Waals surface area contributed by atoms with Gasteiger partial charge in [0.05, 0.1) is 12.0 Å². The lowest BCUT2D eigenvalue weighted by atomic mass is 10.0. The molecule has 2 amide bonds. The number of carbonyl (C=O) groups excluding carboxylic acids is 3. The largest absolute Gasteiger partial charge is 0.463 e. The number of cyclic esters (lactones) is 1. The third-order valence-electron chi connectivity index (χ3n) is 4.04. The van der Waals surface area contributed by atoms with Crippen molar-refractivity contribution in [2.45, 2.75) is 38.8 Å². The maximum atomic E-state index is 12.6. The summed E-state index contributed by atoms with van der Waals surface area (Å²) in [4.78, 5) is 36.1. The van der Waals surface area contributed by atoms with Gasteiger partial charge < -0.3 is 15.4 Å². The van der Waals surface area contributed by atoms with Gasteiger partial charge in [0.2, 0.25) is 11.8 Å². The summed E-state index contributed by atoms with van der Waals surface area (Å²) in [6.07, 6.45) is 4.55. The van der Waals surface area contributed by atoms with Crippen LogP contribution in [0.5, 0.6) is 0 Å². The van der Waals surface area contributed by atoms with Gasteiger partial charge in [-0.2, -0.15) is 0 Å². The predicted molar refractivity (Wildman–Crippen MR) is 93.4 cm³/mol. The van der Waals surface area contributed by atoms with E-state index in [1.807, 2.05) is 42.5 Å². The minimum Gasteiger partial charge on any atom is -0.463 e. The van der Waals surface area contributed by atoms with Crippen molar-refractivity contribution in [1.82, 2.24) is 10.6 Å². The van der Waals surface area contributed by atoms with Gasteiger partial charge in [0.1, 0.15) is 12.6 Å². The topological polar surface area (TPSA) is 84.5 Å². The van der Waals surface area contributed by atoms with Crippen molar-refractivity contribution in [3.63, 3.8) is 0 Å². The van der Waals surface area contributed by atoms with Crippen LogP contribution in [0.2, 0.25) is 0 Å². The second-order valence-corrected chi connectivity index (χ2v) is 6.20. The Labute approximate surface area is 147 Å². The highest BCUT2D eigenvalue weighted by Crippen LogP contribution is 2.16. The van der Waals surface area contributed by atoms with Crippen molar-refractivity contribution >= 4 is 17.8 Å². The lowest BCUT2D eigenvalue weighted by molar-refractivity contribution is -0.149. The number of amides is 2. The van der Waals surface area contributed by atoms with Crippen LogP contribution in [0.1, 0.15) is 38.3 Å². The van der Waals surface area contributed by atoms with E-state index in [0.717, 1.165) is 5.56 Å². The van der Waals surface area contributed by atoms with Gasteiger partial charge in [-0.3, -0.25) is 14.4 Å². The van der Waals surface area contributed by atoms with Crippen molar-refractivity contribution in [1.29, 1.82) is 0 Å². The Morgan fingerprint density at radius 1 is 1.16 bits per heavy atom. The van der Waals surface area contributed by atoms with E-state index >= 15 is 0 Å². The number of hydrogen-bond donors (Lipinski definition) is 2. The summed E-state index contributed by atoms with van der Waals surface area (Å²) < 4.78 is 5.38. The molecule has 6 nitrogen and oxygen atoms in total. The minimum atomic E-state index is -0.662. The fraction of sp³-hybridized carbons (Fsp3) is 0.421. The normalized spacial score (nSPS) is 26.4. The van der Waals surface area contributed by atoms with Gasteiger partial charge in [-0.25, -0.2) is 0 Å². The number of esters is 1. The van der Waals surface area contributed by atoms with Gasteiger partial charge in [-0.15, -0.1) is 0 Å². The number of nitrogens with one attached hydrogen (secondary N) is 2. The van der Waals surface area contributed by atoms with Crippen molar-refractivity contribution in [2.24, 2.45) is 5.92 Å². The zero-order chi connectivity index (χ0) is 18.2. The number of ether oxygens (including phenoxy) is 1. The van der Waals surface area contributed by atoms with Crippen molar-refractivity contribution in [3.8, 4) is 0 Å². The molecule has 1 aromatic rings. The minimum absolute atomic E-state index is 0.0510. The molecule has 0 spiro atoms. The first kappa shape index (κ1) is 18.7. The van der Waals surface area contributed by atoms with Crippen LogP contribution < -0.4 is 10.6 Å². The molecule has 1 aromatic carbocycles. The molecule has 0 bridgehead atoms. The lowest BCUT2D eigenvalue weighted by Gasteiger charge is -2.24. The van der Waals surface area contributed by atoms with E-state index in [0.29, 0.717) is 12.8 Å². The molecule has 2 rings (SSSR count). The van der Waals surface area contributed by atoms with Crippen molar-refractivity contribution < 1.29 is 19.1 Å². The Hall–Kier alpha value is -2.63. The van der Waals surface area contributed by atoms with Gasteiger partial charge in [0, 0.05) is 6.92 Å². The Balaban J connectivity index is 2.24. The fourth-order valence-corrected chi connectivity index (χ4v) is 2.59. The molecule has 3 atom stereocenters. The van der Waals surface area contributed by atoms with Crippen molar-refractivity contribution in [3.05, 3.63) is 48.0 Å². The maximum absolute atomic E-state index is 12.6. The Bertz CT molecular complexity index is 642. The van der Waals surface area contributed by atoms with Crippen LogP contribution in [0.15, 0.2) is 42.5 Å². The van der Waals surface area contributed by atoms with E-state index in [4.69, 9.17) is 4.74 Å².